The predicted molar refractivity (Wildman–Crippen MR) is 95.0 cm³/mol. The van der Waals surface area contributed by atoms with E-state index >= 15 is 0 Å². The fraction of sp³-hybridized carbons (Fsp3) is 0.632. The van der Waals surface area contributed by atoms with Crippen molar-refractivity contribution in [3.8, 4) is 5.75 Å². The number of nitrogens with one attached hydrogen (secondary N) is 1. The molecule has 1 aromatic carbocycles. The molecule has 1 heterocycles. The van der Waals surface area contributed by atoms with Crippen molar-refractivity contribution in [2.75, 3.05) is 18.5 Å². The summed E-state index contributed by atoms with van der Waals surface area (Å²) >= 11 is 0. The lowest BCUT2D eigenvalue weighted by Crippen LogP contribution is -2.49. The summed E-state index contributed by atoms with van der Waals surface area (Å²) < 4.78 is 5.65. The minimum Gasteiger partial charge on any atom is -0.494 e. The smallest absolute Gasteiger partial charge is 0.245 e. The van der Waals surface area contributed by atoms with Crippen molar-refractivity contribution < 1.29 is 9.53 Å². The molecule has 1 saturated heterocycles. The molecule has 1 amide bonds. The van der Waals surface area contributed by atoms with Crippen LogP contribution in [0.1, 0.15) is 52.9 Å². The third-order valence-corrected chi connectivity index (χ3v) is 4.44. The van der Waals surface area contributed by atoms with Gasteiger partial charge in [-0.25, -0.2) is 0 Å². The van der Waals surface area contributed by atoms with Gasteiger partial charge in [-0.05, 0) is 51.2 Å². The van der Waals surface area contributed by atoms with Crippen LogP contribution in [-0.2, 0) is 4.79 Å². The number of benzene rings is 1. The van der Waals surface area contributed by atoms with Gasteiger partial charge in [-0.15, -0.1) is 0 Å². The van der Waals surface area contributed by atoms with E-state index in [0.717, 1.165) is 43.7 Å². The molecule has 2 atom stereocenters. The van der Waals surface area contributed by atoms with Crippen molar-refractivity contribution in [3.63, 3.8) is 0 Å². The molecular weight excluding hydrogens is 288 g/mol. The Morgan fingerprint density at radius 2 is 2.22 bits per heavy atom. The summed E-state index contributed by atoms with van der Waals surface area (Å²) in [6.07, 6.45) is 5.52. The van der Waals surface area contributed by atoms with Gasteiger partial charge < -0.3 is 15.0 Å². The lowest BCUT2D eigenvalue weighted by atomic mass is 9.99. The normalized spacial score (nSPS) is 19.3. The molecule has 1 fully saturated rings. The molecule has 23 heavy (non-hydrogen) atoms. The highest BCUT2D eigenvalue weighted by atomic mass is 16.5. The molecule has 4 heteroatoms. The van der Waals surface area contributed by atoms with Crippen molar-refractivity contribution >= 4 is 11.6 Å². The number of rotatable bonds is 7. The largest absolute Gasteiger partial charge is 0.494 e. The standard InChI is InChI=1S/C19H30N2O2/c1-4-13-23-18-11-8-9-16(14-18)20-15(3)19(22)21-12-7-6-10-17(21)5-2/h8-9,11,14-15,17,20H,4-7,10,12-13H2,1-3H3. The van der Waals surface area contributed by atoms with Crippen molar-refractivity contribution in [3.05, 3.63) is 24.3 Å². The SMILES string of the molecule is CCCOc1cccc(NC(C)C(=O)N2CCCCC2CC)c1. The van der Waals surface area contributed by atoms with Crippen LogP contribution < -0.4 is 10.1 Å². The van der Waals surface area contributed by atoms with Crippen molar-refractivity contribution in [1.82, 2.24) is 4.90 Å². The average molecular weight is 318 g/mol. The summed E-state index contributed by atoms with van der Waals surface area (Å²) in [5.74, 6) is 1.05. The first-order chi connectivity index (χ1) is 11.2. The monoisotopic (exact) mass is 318 g/mol. The van der Waals surface area contributed by atoms with Crippen LogP contribution in [0.5, 0.6) is 5.75 Å². The van der Waals surface area contributed by atoms with E-state index in [4.69, 9.17) is 4.74 Å². The third kappa shape index (κ3) is 4.88. The molecule has 0 aliphatic carbocycles. The van der Waals surface area contributed by atoms with Gasteiger partial charge in [-0.3, -0.25) is 4.79 Å². The quantitative estimate of drug-likeness (QED) is 0.824. The first-order valence-electron chi connectivity index (χ1n) is 8.95. The summed E-state index contributed by atoms with van der Waals surface area (Å²) in [5, 5.41) is 3.33. The predicted octanol–water partition coefficient (Wildman–Crippen LogP) is 4.07. The van der Waals surface area contributed by atoms with Crippen LogP contribution in [0.15, 0.2) is 24.3 Å². The van der Waals surface area contributed by atoms with Gasteiger partial charge in [0.2, 0.25) is 5.91 Å². The molecule has 2 unspecified atom stereocenters. The summed E-state index contributed by atoms with van der Waals surface area (Å²) in [6.45, 7) is 7.81. The van der Waals surface area contributed by atoms with E-state index in [0.29, 0.717) is 12.6 Å². The number of anilines is 1. The molecule has 2 rings (SSSR count). The molecule has 1 aliphatic rings. The third-order valence-electron chi connectivity index (χ3n) is 4.44. The van der Waals surface area contributed by atoms with Crippen molar-refractivity contribution in [2.45, 2.75) is 65.0 Å². The number of carbonyl (C=O) groups excluding carboxylic acids is 1. The maximum absolute atomic E-state index is 12.8. The van der Waals surface area contributed by atoms with E-state index < -0.39 is 0 Å². The molecule has 1 aliphatic heterocycles. The first kappa shape index (κ1) is 17.6. The number of amides is 1. The van der Waals surface area contributed by atoms with Gasteiger partial charge in [0.25, 0.3) is 0 Å². The highest BCUT2D eigenvalue weighted by Gasteiger charge is 2.28. The van der Waals surface area contributed by atoms with Crippen LogP contribution in [0.25, 0.3) is 0 Å². The number of hydrogen-bond acceptors (Lipinski definition) is 3. The van der Waals surface area contributed by atoms with E-state index in [-0.39, 0.29) is 11.9 Å². The van der Waals surface area contributed by atoms with Crippen LogP contribution in [0.4, 0.5) is 5.69 Å². The molecule has 4 nitrogen and oxygen atoms in total. The molecule has 1 aromatic rings. The molecule has 0 radical (unpaired) electrons. The van der Waals surface area contributed by atoms with Gasteiger partial charge in [0.1, 0.15) is 11.8 Å². The van der Waals surface area contributed by atoms with Crippen LogP contribution in [0, 0.1) is 0 Å². The second-order valence-electron chi connectivity index (χ2n) is 6.33. The molecule has 0 spiro atoms. The zero-order chi connectivity index (χ0) is 16.7. The van der Waals surface area contributed by atoms with Crippen molar-refractivity contribution in [2.24, 2.45) is 0 Å². The van der Waals surface area contributed by atoms with Gasteiger partial charge in [0.15, 0.2) is 0 Å². The highest BCUT2D eigenvalue weighted by molar-refractivity contribution is 5.84. The Balaban J connectivity index is 1.97. The summed E-state index contributed by atoms with van der Waals surface area (Å²) in [4.78, 5) is 14.8. The fourth-order valence-electron chi connectivity index (χ4n) is 3.17. The second kappa shape index (κ2) is 8.80. The van der Waals surface area contributed by atoms with Gasteiger partial charge in [0, 0.05) is 24.3 Å². The molecule has 0 bridgehead atoms. The average Bonchev–Trinajstić information content (AvgIpc) is 2.59. The topological polar surface area (TPSA) is 41.6 Å². The summed E-state index contributed by atoms with van der Waals surface area (Å²) in [7, 11) is 0. The lowest BCUT2D eigenvalue weighted by Gasteiger charge is -2.37. The van der Waals surface area contributed by atoms with E-state index in [1.54, 1.807) is 0 Å². The van der Waals surface area contributed by atoms with E-state index in [1.165, 1.54) is 6.42 Å². The number of ether oxygens (including phenoxy) is 1. The van der Waals surface area contributed by atoms with Gasteiger partial charge in [-0.1, -0.05) is 19.9 Å². The number of likely N-dealkylation sites (tertiary alicyclic amines) is 1. The fourth-order valence-corrected chi connectivity index (χ4v) is 3.17. The Labute approximate surface area is 140 Å². The minimum atomic E-state index is -0.219. The lowest BCUT2D eigenvalue weighted by molar-refractivity contribution is -0.135. The first-order valence-corrected chi connectivity index (χ1v) is 8.95. The highest BCUT2D eigenvalue weighted by Crippen LogP contribution is 2.22. The van der Waals surface area contributed by atoms with Gasteiger partial charge >= 0.3 is 0 Å². The number of piperidine rings is 1. The zero-order valence-electron chi connectivity index (χ0n) is 14.7. The Morgan fingerprint density at radius 1 is 1.39 bits per heavy atom. The summed E-state index contributed by atoms with van der Waals surface area (Å²) in [5.41, 5.74) is 0.935. The van der Waals surface area contributed by atoms with E-state index in [2.05, 4.69) is 24.1 Å². The van der Waals surface area contributed by atoms with Crippen LogP contribution in [-0.4, -0.2) is 36.0 Å². The molecule has 0 saturated carbocycles. The molecule has 1 N–H and O–H groups in total. The van der Waals surface area contributed by atoms with Gasteiger partial charge in [0.05, 0.1) is 6.61 Å². The number of nitrogens with zero attached hydrogens (tertiary/aromatic N) is 1. The second-order valence-corrected chi connectivity index (χ2v) is 6.33. The summed E-state index contributed by atoms with van der Waals surface area (Å²) in [6, 6.07) is 8.04. The molecular formula is C19H30N2O2. The minimum absolute atomic E-state index is 0.205. The Morgan fingerprint density at radius 3 is 2.96 bits per heavy atom. The maximum atomic E-state index is 12.8. The zero-order valence-corrected chi connectivity index (χ0v) is 14.7. The van der Waals surface area contributed by atoms with E-state index in [1.807, 2.05) is 31.2 Å². The van der Waals surface area contributed by atoms with Crippen molar-refractivity contribution in [1.29, 1.82) is 0 Å². The Bertz CT molecular complexity index is 504. The number of carbonyl (C=O) groups is 1. The number of hydrogen-bond donors (Lipinski definition) is 1. The maximum Gasteiger partial charge on any atom is 0.245 e. The van der Waals surface area contributed by atoms with Crippen LogP contribution in [0.3, 0.4) is 0 Å². The molecule has 128 valence electrons. The van der Waals surface area contributed by atoms with E-state index in [9.17, 15) is 4.79 Å². The van der Waals surface area contributed by atoms with Crippen LogP contribution in [0.2, 0.25) is 0 Å². The van der Waals surface area contributed by atoms with Crippen LogP contribution >= 0.6 is 0 Å². The molecule has 0 aromatic heterocycles. The Kier molecular flexibility index (Phi) is 6.75. The Hall–Kier alpha value is -1.71. The van der Waals surface area contributed by atoms with Gasteiger partial charge in [-0.2, -0.15) is 0 Å².